The molecule has 0 fully saturated rings. The molecule has 0 atom stereocenters. The number of aryl methyl sites for hydroxylation is 1. The number of halogens is 3. The molecule has 2 nitrogen and oxygen atoms in total. The van der Waals surface area contributed by atoms with Crippen LogP contribution in [0.1, 0.15) is 43.5 Å². The Morgan fingerprint density at radius 2 is 1.67 bits per heavy atom. The lowest BCUT2D eigenvalue weighted by Crippen LogP contribution is -2.22. The van der Waals surface area contributed by atoms with Crippen molar-refractivity contribution in [1.82, 2.24) is 4.98 Å². The maximum atomic E-state index is 12.0. The number of thiazole rings is 1. The van der Waals surface area contributed by atoms with E-state index in [2.05, 4.69) is 4.98 Å². The molecule has 6 heteroatoms. The Bertz CT molecular complexity index is 637. The van der Waals surface area contributed by atoms with E-state index in [1.165, 1.54) is 0 Å². The Balaban J connectivity index is 1.60. The number of aromatic nitrogens is 1. The van der Waals surface area contributed by atoms with Gasteiger partial charge in [-0.15, -0.1) is 11.3 Å². The number of carbonyl (C=O) groups excluding carboxylic acids is 1. The van der Waals surface area contributed by atoms with Gasteiger partial charge in [-0.05, 0) is 19.3 Å². The standard InChI is InChI=1S/C18H20F3NOS/c19-18(20,21)16(23)11-7-2-1-3-8-12-17-22-15(13-24-17)14-9-5-4-6-10-14/h4-6,9-10,13H,1-3,7-8,11-12H2. The summed E-state index contributed by atoms with van der Waals surface area (Å²) in [5.74, 6) is -1.61. The Kier molecular flexibility index (Phi) is 6.97. The molecule has 24 heavy (non-hydrogen) atoms. The second-order valence-electron chi connectivity index (χ2n) is 5.68. The second kappa shape index (κ2) is 8.97. The molecule has 2 aromatic rings. The van der Waals surface area contributed by atoms with E-state index >= 15 is 0 Å². The molecule has 0 saturated carbocycles. The van der Waals surface area contributed by atoms with E-state index in [1.807, 2.05) is 35.7 Å². The van der Waals surface area contributed by atoms with E-state index in [4.69, 9.17) is 0 Å². The van der Waals surface area contributed by atoms with Crippen LogP contribution in [0.5, 0.6) is 0 Å². The fraction of sp³-hybridized carbons (Fsp3) is 0.444. The van der Waals surface area contributed by atoms with Gasteiger partial charge in [0, 0.05) is 17.4 Å². The van der Waals surface area contributed by atoms with Crippen molar-refractivity contribution in [1.29, 1.82) is 0 Å². The molecule has 0 aliphatic carbocycles. The lowest BCUT2D eigenvalue weighted by atomic mass is 10.1. The number of benzene rings is 1. The average Bonchev–Trinajstić information content (AvgIpc) is 3.02. The summed E-state index contributed by atoms with van der Waals surface area (Å²) in [7, 11) is 0. The van der Waals surface area contributed by atoms with Crippen LogP contribution in [0.3, 0.4) is 0 Å². The molecule has 1 aromatic carbocycles. The van der Waals surface area contributed by atoms with Gasteiger partial charge in [0.2, 0.25) is 5.78 Å². The molecule has 0 N–H and O–H groups in total. The van der Waals surface area contributed by atoms with Crippen LogP contribution < -0.4 is 0 Å². The van der Waals surface area contributed by atoms with Gasteiger partial charge in [-0.2, -0.15) is 13.2 Å². The Labute approximate surface area is 143 Å². The van der Waals surface area contributed by atoms with Gasteiger partial charge in [0.05, 0.1) is 10.7 Å². The number of hydrogen-bond donors (Lipinski definition) is 0. The van der Waals surface area contributed by atoms with Gasteiger partial charge >= 0.3 is 6.18 Å². The van der Waals surface area contributed by atoms with Crippen LogP contribution in [0, 0.1) is 0 Å². The van der Waals surface area contributed by atoms with Crippen LogP contribution in [0.4, 0.5) is 13.2 Å². The fourth-order valence-electron chi connectivity index (χ4n) is 2.40. The van der Waals surface area contributed by atoms with Gasteiger partial charge in [0.25, 0.3) is 0 Å². The van der Waals surface area contributed by atoms with Crippen molar-refractivity contribution in [2.45, 2.75) is 51.1 Å². The zero-order valence-electron chi connectivity index (χ0n) is 13.3. The highest BCUT2D eigenvalue weighted by atomic mass is 32.1. The van der Waals surface area contributed by atoms with Gasteiger partial charge in [-0.25, -0.2) is 4.98 Å². The summed E-state index contributed by atoms with van der Waals surface area (Å²) in [4.78, 5) is 15.3. The van der Waals surface area contributed by atoms with Crippen LogP contribution in [0.25, 0.3) is 11.3 Å². The van der Waals surface area contributed by atoms with Crippen molar-refractivity contribution in [3.63, 3.8) is 0 Å². The predicted molar refractivity (Wildman–Crippen MR) is 90.0 cm³/mol. The monoisotopic (exact) mass is 355 g/mol. The van der Waals surface area contributed by atoms with Crippen molar-refractivity contribution in [3.05, 3.63) is 40.7 Å². The molecule has 0 unspecified atom stereocenters. The molecule has 0 spiro atoms. The van der Waals surface area contributed by atoms with E-state index in [-0.39, 0.29) is 0 Å². The van der Waals surface area contributed by atoms with Crippen molar-refractivity contribution in [2.75, 3.05) is 0 Å². The van der Waals surface area contributed by atoms with E-state index in [0.717, 1.165) is 41.9 Å². The van der Waals surface area contributed by atoms with E-state index in [1.54, 1.807) is 11.3 Å². The summed E-state index contributed by atoms with van der Waals surface area (Å²) in [5.41, 5.74) is 2.09. The van der Waals surface area contributed by atoms with Crippen molar-refractivity contribution in [3.8, 4) is 11.3 Å². The van der Waals surface area contributed by atoms with Gasteiger partial charge < -0.3 is 0 Å². The fourth-order valence-corrected chi connectivity index (χ4v) is 3.25. The van der Waals surface area contributed by atoms with Crippen LogP contribution in [-0.2, 0) is 11.2 Å². The molecule has 0 bridgehead atoms. The maximum absolute atomic E-state index is 12.0. The van der Waals surface area contributed by atoms with Crippen LogP contribution >= 0.6 is 11.3 Å². The van der Waals surface area contributed by atoms with Crippen molar-refractivity contribution >= 4 is 17.1 Å². The van der Waals surface area contributed by atoms with Crippen LogP contribution in [0.15, 0.2) is 35.7 Å². The highest BCUT2D eigenvalue weighted by molar-refractivity contribution is 7.09. The molecule has 0 radical (unpaired) electrons. The zero-order chi connectivity index (χ0) is 17.4. The Hall–Kier alpha value is -1.69. The quantitative estimate of drug-likeness (QED) is 0.530. The number of carbonyl (C=O) groups is 1. The normalized spacial score (nSPS) is 11.6. The first-order valence-corrected chi connectivity index (χ1v) is 8.94. The van der Waals surface area contributed by atoms with E-state index in [9.17, 15) is 18.0 Å². The highest BCUT2D eigenvalue weighted by Crippen LogP contribution is 2.23. The van der Waals surface area contributed by atoms with Crippen molar-refractivity contribution < 1.29 is 18.0 Å². The van der Waals surface area contributed by atoms with E-state index < -0.39 is 18.4 Å². The van der Waals surface area contributed by atoms with Gasteiger partial charge in [0.15, 0.2) is 0 Å². The molecule has 1 aromatic heterocycles. The van der Waals surface area contributed by atoms with Crippen LogP contribution in [0.2, 0.25) is 0 Å². The number of Topliss-reactive ketones (excluding diaryl/α,β-unsaturated/α-hetero) is 1. The minimum absolute atomic E-state index is 0.313. The first-order chi connectivity index (χ1) is 11.5. The number of ketones is 1. The van der Waals surface area contributed by atoms with E-state index in [0.29, 0.717) is 12.8 Å². The summed E-state index contributed by atoms with van der Waals surface area (Å²) < 4.78 is 36.1. The number of nitrogens with zero attached hydrogens (tertiary/aromatic N) is 1. The lowest BCUT2D eigenvalue weighted by Gasteiger charge is -2.04. The smallest absolute Gasteiger partial charge is 0.290 e. The molecular formula is C18H20F3NOS. The highest BCUT2D eigenvalue weighted by Gasteiger charge is 2.36. The summed E-state index contributed by atoms with van der Waals surface area (Å²) in [6, 6.07) is 10.00. The minimum Gasteiger partial charge on any atom is -0.290 e. The third kappa shape index (κ3) is 6.07. The number of rotatable bonds is 9. The molecule has 0 aliphatic heterocycles. The summed E-state index contributed by atoms with van der Waals surface area (Å²) in [5, 5.41) is 3.13. The average molecular weight is 355 g/mol. The SMILES string of the molecule is O=C(CCCCCCCc1nc(-c2ccccc2)cs1)C(F)(F)F. The molecule has 2 rings (SSSR count). The maximum Gasteiger partial charge on any atom is 0.449 e. The molecular weight excluding hydrogens is 335 g/mol. The van der Waals surface area contributed by atoms with Gasteiger partial charge in [-0.3, -0.25) is 4.79 Å². The Morgan fingerprint density at radius 1 is 1.00 bits per heavy atom. The lowest BCUT2D eigenvalue weighted by molar-refractivity contribution is -0.171. The second-order valence-corrected chi connectivity index (χ2v) is 6.62. The summed E-state index contributed by atoms with van der Waals surface area (Å²) in [6.07, 6.45) is -0.448. The first-order valence-electron chi connectivity index (χ1n) is 8.06. The zero-order valence-corrected chi connectivity index (χ0v) is 14.1. The summed E-state index contributed by atoms with van der Waals surface area (Å²) >= 11 is 1.64. The third-order valence-electron chi connectivity index (χ3n) is 3.73. The first kappa shape index (κ1) is 18.6. The predicted octanol–water partition coefficient (Wildman–Crippen LogP) is 5.82. The summed E-state index contributed by atoms with van der Waals surface area (Å²) in [6.45, 7) is 0. The van der Waals surface area contributed by atoms with Gasteiger partial charge in [0.1, 0.15) is 0 Å². The molecule has 0 aliphatic rings. The minimum atomic E-state index is -4.68. The Morgan fingerprint density at radius 3 is 2.38 bits per heavy atom. The third-order valence-corrected chi connectivity index (χ3v) is 4.64. The topological polar surface area (TPSA) is 30.0 Å². The molecule has 1 heterocycles. The number of alkyl halides is 3. The number of hydrogen-bond acceptors (Lipinski definition) is 3. The van der Waals surface area contributed by atoms with Crippen molar-refractivity contribution in [2.24, 2.45) is 0 Å². The largest absolute Gasteiger partial charge is 0.449 e. The molecule has 0 amide bonds. The molecule has 0 saturated heterocycles. The molecule has 130 valence electrons. The van der Waals surface area contributed by atoms with Crippen LogP contribution in [-0.4, -0.2) is 16.9 Å². The van der Waals surface area contributed by atoms with Gasteiger partial charge in [-0.1, -0.05) is 49.6 Å². The number of unbranched alkanes of at least 4 members (excludes halogenated alkanes) is 4.